The summed E-state index contributed by atoms with van der Waals surface area (Å²) in [4.78, 5) is 27.8. The summed E-state index contributed by atoms with van der Waals surface area (Å²) in [5, 5.41) is 0. The number of nitrogens with zero attached hydrogens (tertiary/aromatic N) is 1. The van der Waals surface area contributed by atoms with E-state index in [2.05, 4.69) is 0 Å². The summed E-state index contributed by atoms with van der Waals surface area (Å²) in [6.45, 7) is 1.94. The number of rotatable bonds is 4. The van der Waals surface area contributed by atoms with Crippen molar-refractivity contribution in [1.29, 1.82) is 0 Å². The predicted octanol–water partition coefficient (Wildman–Crippen LogP) is 0.405. The maximum atomic E-state index is 12.8. The molecule has 0 bridgehead atoms. The molecule has 2 fully saturated rings. The summed E-state index contributed by atoms with van der Waals surface area (Å²) in [6.07, 6.45) is 3.75. The zero-order valence-corrected chi connectivity index (χ0v) is 13.6. The number of amides is 2. The van der Waals surface area contributed by atoms with E-state index >= 15 is 0 Å². The van der Waals surface area contributed by atoms with Crippen LogP contribution in [0.1, 0.15) is 25.7 Å². The molecule has 3 rings (SSSR count). The number of anilines is 1. The highest BCUT2D eigenvalue weighted by molar-refractivity contribution is 6.22. The lowest BCUT2D eigenvalue weighted by Gasteiger charge is -2.27. The Hall–Kier alpha value is -2.08. The molecule has 0 radical (unpaired) electrons. The molecule has 124 valence electrons. The van der Waals surface area contributed by atoms with Crippen molar-refractivity contribution in [1.82, 2.24) is 0 Å². The number of imide groups is 1. The first-order valence-corrected chi connectivity index (χ1v) is 8.08. The van der Waals surface area contributed by atoms with Gasteiger partial charge in [0.15, 0.2) is 6.04 Å². The van der Waals surface area contributed by atoms with Crippen molar-refractivity contribution in [2.24, 2.45) is 0 Å². The quantitative estimate of drug-likeness (QED) is 0.817. The summed E-state index contributed by atoms with van der Waals surface area (Å²) < 4.78 is 10.5. The van der Waals surface area contributed by atoms with E-state index in [-0.39, 0.29) is 24.3 Å². The second-order valence-corrected chi connectivity index (χ2v) is 6.11. The van der Waals surface area contributed by atoms with Crippen LogP contribution in [-0.2, 0) is 9.59 Å². The number of quaternary nitrogens is 1. The van der Waals surface area contributed by atoms with Crippen LogP contribution < -0.4 is 19.3 Å². The van der Waals surface area contributed by atoms with Crippen LogP contribution in [0.15, 0.2) is 18.2 Å². The molecule has 2 aliphatic rings. The highest BCUT2D eigenvalue weighted by Crippen LogP contribution is 2.31. The number of benzene rings is 1. The standard InChI is InChI=1S/C17H22N2O4/c1-22-13-8-12(9-14(10-13)23-2)19-16(20)11-15(17(19)21)18-6-4-3-5-7-18/h8-10,15H,3-7,11H2,1-2H3/p+1/t15-/m0/s1. The van der Waals surface area contributed by atoms with Crippen molar-refractivity contribution >= 4 is 17.5 Å². The molecule has 6 heteroatoms. The van der Waals surface area contributed by atoms with Gasteiger partial charge in [0.2, 0.25) is 5.91 Å². The van der Waals surface area contributed by atoms with E-state index in [0.29, 0.717) is 17.2 Å². The lowest BCUT2D eigenvalue weighted by Crippen LogP contribution is -3.17. The Labute approximate surface area is 136 Å². The van der Waals surface area contributed by atoms with E-state index in [1.54, 1.807) is 32.4 Å². The van der Waals surface area contributed by atoms with Crippen LogP contribution in [0.2, 0.25) is 0 Å². The van der Waals surface area contributed by atoms with Gasteiger partial charge in [0.1, 0.15) is 11.5 Å². The number of nitrogens with one attached hydrogen (secondary N) is 1. The summed E-state index contributed by atoms with van der Waals surface area (Å²) >= 11 is 0. The Morgan fingerprint density at radius 1 is 1.00 bits per heavy atom. The highest BCUT2D eigenvalue weighted by Gasteiger charge is 2.46. The Bertz CT molecular complexity index is 588. The largest absolute Gasteiger partial charge is 0.497 e. The molecule has 0 saturated carbocycles. The molecule has 0 spiro atoms. The number of carbonyl (C=O) groups excluding carboxylic acids is 2. The molecule has 6 nitrogen and oxygen atoms in total. The van der Waals surface area contributed by atoms with Gasteiger partial charge in [0, 0.05) is 18.2 Å². The van der Waals surface area contributed by atoms with Gasteiger partial charge in [-0.3, -0.25) is 9.59 Å². The Morgan fingerprint density at radius 2 is 1.61 bits per heavy atom. The molecule has 2 aliphatic heterocycles. The third-order valence-corrected chi connectivity index (χ3v) is 4.73. The number of carbonyl (C=O) groups is 2. The van der Waals surface area contributed by atoms with E-state index in [1.807, 2.05) is 0 Å². The van der Waals surface area contributed by atoms with Crippen LogP contribution in [0, 0.1) is 0 Å². The first-order chi connectivity index (χ1) is 11.1. The molecule has 0 unspecified atom stereocenters. The summed E-state index contributed by atoms with van der Waals surface area (Å²) in [5.74, 6) is 0.873. The lowest BCUT2D eigenvalue weighted by atomic mass is 10.1. The van der Waals surface area contributed by atoms with Gasteiger partial charge in [0.25, 0.3) is 5.91 Å². The number of likely N-dealkylation sites (tertiary alicyclic amines) is 1. The topological polar surface area (TPSA) is 60.3 Å². The minimum atomic E-state index is -0.250. The molecular formula is C17H23N2O4+. The molecule has 1 aromatic rings. The van der Waals surface area contributed by atoms with Crippen LogP contribution >= 0.6 is 0 Å². The molecule has 0 aromatic heterocycles. The Morgan fingerprint density at radius 3 is 2.17 bits per heavy atom. The first kappa shape index (κ1) is 15.8. The lowest BCUT2D eigenvalue weighted by molar-refractivity contribution is -0.919. The fourth-order valence-electron chi connectivity index (χ4n) is 3.50. The summed E-state index contributed by atoms with van der Waals surface area (Å²) in [7, 11) is 3.10. The fourth-order valence-corrected chi connectivity index (χ4v) is 3.50. The molecular weight excluding hydrogens is 296 g/mol. The summed E-state index contributed by atoms with van der Waals surface area (Å²) in [6, 6.07) is 4.88. The van der Waals surface area contributed by atoms with Crippen LogP contribution in [0.5, 0.6) is 11.5 Å². The maximum absolute atomic E-state index is 12.8. The van der Waals surface area contributed by atoms with Crippen molar-refractivity contribution in [2.45, 2.75) is 31.7 Å². The van der Waals surface area contributed by atoms with Gasteiger partial charge in [-0.2, -0.15) is 0 Å². The Kier molecular flexibility index (Phi) is 4.52. The van der Waals surface area contributed by atoms with Crippen molar-refractivity contribution in [2.75, 3.05) is 32.2 Å². The number of hydrogen-bond acceptors (Lipinski definition) is 4. The van der Waals surface area contributed by atoms with Gasteiger partial charge < -0.3 is 14.4 Å². The SMILES string of the molecule is COc1cc(OC)cc(N2C(=O)C[C@H]([NH+]3CCCCC3)C2=O)c1. The van der Waals surface area contributed by atoms with E-state index in [4.69, 9.17) is 9.47 Å². The average Bonchev–Trinajstić information content (AvgIpc) is 2.89. The number of methoxy groups -OCH3 is 2. The van der Waals surface area contributed by atoms with E-state index in [1.165, 1.54) is 16.2 Å². The van der Waals surface area contributed by atoms with Crippen LogP contribution in [0.4, 0.5) is 5.69 Å². The molecule has 0 aliphatic carbocycles. The molecule has 23 heavy (non-hydrogen) atoms. The smallest absolute Gasteiger partial charge is 0.292 e. The van der Waals surface area contributed by atoms with Gasteiger partial charge in [-0.15, -0.1) is 0 Å². The zero-order valence-electron chi connectivity index (χ0n) is 13.6. The fraction of sp³-hybridized carbons (Fsp3) is 0.529. The van der Waals surface area contributed by atoms with Gasteiger partial charge in [0.05, 0.1) is 39.4 Å². The second kappa shape index (κ2) is 6.58. The predicted molar refractivity (Wildman–Crippen MR) is 85.0 cm³/mol. The third-order valence-electron chi connectivity index (χ3n) is 4.73. The number of hydrogen-bond donors (Lipinski definition) is 1. The minimum Gasteiger partial charge on any atom is -0.497 e. The van der Waals surface area contributed by atoms with Gasteiger partial charge in [-0.05, 0) is 19.3 Å². The third kappa shape index (κ3) is 3.03. The van der Waals surface area contributed by atoms with E-state index in [9.17, 15) is 9.59 Å². The van der Waals surface area contributed by atoms with Crippen LogP contribution in [-0.4, -0.2) is 45.2 Å². The molecule has 2 amide bonds. The Balaban J connectivity index is 1.87. The molecule has 1 aromatic carbocycles. The average molecular weight is 319 g/mol. The molecule has 1 atom stereocenters. The zero-order chi connectivity index (χ0) is 16.4. The van der Waals surface area contributed by atoms with E-state index < -0.39 is 0 Å². The van der Waals surface area contributed by atoms with Crippen molar-refractivity contribution < 1.29 is 24.0 Å². The van der Waals surface area contributed by atoms with Crippen molar-refractivity contribution in [3.8, 4) is 11.5 Å². The second-order valence-electron chi connectivity index (χ2n) is 6.11. The van der Waals surface area contributed by atoms with Crippen LogP contribution in [0.3, 0.4) is 0 Å². The maximum Gasteiger partial charge on any atom is 0.292 e. The highest BCUT2D eigenvalue weighted by atomic mass is 16.5. The van der Waals surface area contributed by atoms with Crippen molar-refractivity contribution in [3.63, 3.8) is 0 Å². The molecule has 2 heterocycles. The summed E-state index contributed by atoms with van der Waals surface area (Å²) in [5.41, 5.74) is 0.523. The molecule has 1 N–H and O–H groups in total. The number of ether oxygens (including phenoxy) is 2. The minimum absolute atomic E-state index is 0.109. The van der Waals surface area contributed by atoms with Gasteiger partial charge in [-0.25, -0.2) is 4.90 Å². The van der Waals surface area contributed by atoms with Gasteiger partial charge >= 0.3 is 0 Å². The number of piperidine rings is 1. The van der Waals surface area contributed by atoms with Gasteiger partial charge in [-0.1, -0.05) is 0 Å². The first-order valence-electron chi connectivity index (χ1n) is 8.08. The van der Waals surface area contributed by atoms with Crippen molar-refractivity contribution in [3.05, 3.63) is 18.2 Å². The molecule has 2 saturated heterocycles. The normalized spacial score (nSPS) is 22.5. The van der Waals surface area contributed by atoms with Crippen LogP contribution in [0.25, 0.3) is 0 Å². The monoisotopic (exact) mass is 319 g/mol. The van der Waals surface area contributed by atoms with E-state index in [0.717, 1.165) is 25.9 Å².